The van der Waals surface area contributed by atoms with Gasteiger partial charge in [-0.2, -0.15) is 13.2 Å². The second-order valence-electron chi connectivity index (χ2n) is 7.56. The average Bonchev–Trinajstić information content (AvgIpc) is 2.79. The zero-order chi connectivity index (χ0) is 22.6. The van der Waals surface area contributed by atoms with E-state index in [2.05, 4.69) is 25.7 Å². The van der Waals surface area contributed by atoms with Gasteiger partial charge in [0.25, 0.3) is 0 Å². The van der Waals surface area contributed by atoms with Gasteiger partial charge in [-0.05, 0) is 61.7 Å². The quantitative estimate of drug-likeness (QED) is 0.537. The fourth-order valence-electron chi connectivity index (χ4n) is 3.59. The van der Waals surface area contributed by atoms with Gasteiger partial charge < -0.3 is 15.5 Å². The van der Waals surface area contributed by atoms with E-state index in [0.29, 0.717) is 11.4 Å². The lowest BCUT2D eigenvalue weighted by atomic mass is 10.1. The lowest BCUT2D eigenvalue weighted by molar-refractivity contribution is -0.137. The first-order chi connectivity index (χ1) is 15.4. The SMILES string of the molecule is O=C(Nc1cccc(-c2ccc(N3CCCCC3)nn2)c1)Nc1cccc(C(F)(F)F)c1. The van der Waals surface area contributed by atoms with Gasteiger partial charge >= 0.3 is 12.2 Å². The van der Waals surface area contributed by atoms with E-state index >= 15 is 0 Å². The van der Waals surface area contributed by atoms with Gasteiger partial charge in [0, 0.05) is 30.0 Å². The van der Waals surface area contributed by atoms with E-state index in [9.17, 15) is 18.0 Å². The zero-order valence-corrected chi connectivity index (χ0v) is 17.2. The molecule has 0 spiro atoms. The number of amides is 2. The van der Waals surface area contributed by atoms with Gasteiger partial charge in [-0.25, -0.2) is 4.79 Å². The molecule has 2 amide bonds. The molecule has 32 heavy (non-hydrogen) atoms. The minimum atomic E-state index is -4.48. The Labute approximate surface area is 183 Å². The zero-order valence-electron chi connectivity index (χ0n) is 17.2. The number of urea groups is 1. The van der Waals surface area contributed by atoms with E-state index in [1.807, 2.05) is 18.2 Å². The maximum absolute atomic E-state index is 12.8. The molecule has 166 valence electrons. The van der Waals surface area contributed by atoms with Crippen molar-refractivity contribution < 1.29 is 18.0 Å². The van der Waals surface area contributed by atoms with Crippen LogP contribution in [-0.4, -0.2) is 29.3 Å². The Bertz CT molecular complexity index is 1080. The number of aromatic nitrogens is 2. The highest BCUT2D eigenvalue weighted by atomic mass is 19.4. The maximum Gasteiger partial charge on any atom is 0.416 e. The van der Waals surface area contributed by atoms with Crippen LogP contribution in [0.4, 0.5) is 35.2 Å². The molecular weight excluding hydrogens is 419 g/mol. The number of benzene rings is 2. The number of nitrogens with zero attached hydrogens (tertiary/aromatic N) is 3. The van der Waals surface area contributed by atoms with Gasteiger partial charge in [-0.15, -0.1) is 10.2 Å². The smallest absolute Gasteiger partial charge is 0.355 e. The lowest BCUT2D eigenvalue weighted by Crippen LogP contribution is -2.30. The highest BCUT2D eigenvalue weighted by molar-refractivity contribution is 6.00. The van der Waals surface area contributed by atoms with Crippen LogP contribution in [0.3, 0.4) is 0 Å². The summed E-state index contributed by atoms with van der Waals surface area (Å²) in [5.74, 6) is 0.850. The van der Waals surface area contributed by atoms with Crippen LogP contribution in [-0.2, 0) is 6.18 Å². The predicted octanol–water partition coefficient (Wildman–Crippen LogP) is 5.80. The first kappa shape index (κ1) is 21.6. The molecule has 1 fully saturated rings. The molecule has 0 radical (unpaired) electrons. The summed E-state index contributed by atoms with van der Waals surface area (Å²) in [7, 11) is 0. The van der Waals surface area contributed by atoms with Crippen molar-refractivity contribution in [1.29, 1.82) is 0 Å². The predicted molar refractivity (Wildman–Crippen MR) is 118 cm³/mol. The first-order valence-corrected chi connectivity index (χ1v) is 10.3. The number of carbonyl (C=O) groups excluding carboxylic acids is 1. The fraction of sp³-hybridized carbons (Fsp3) is 0.261. The average molecular weight is 441 g/mol. The van der Waals surface area contributed by atoms with Gasteiger partial charge in [0.1, 0.15) is 0 Å². The molecule has 4 rings (SSSR count). The second-order valence-corrected chi connectivity index (χ2v) is 7.56. The molecule has 3 aromatic rings. The topological polar surface area (TPSA) is 70.2 Å². The fourth-order valence-corrected chi connectivity index (χ4v) is 3.59. The van der Waals surface area contributed by atoms with Crippen molar-refractivity contribution >= 4 is 23.2 Å². The van der Waals surface area contributed by atoms with Gasteiger partial charge in [-0.3, -0.25) is 0 Å². The molecule has 1 aliphatic heterocycles. The monoisotopic (exact) mass is 441 g/mol. The van der Waals surface area contributed by atoms with E-state index in [0.717, 1.165) is 49.4 Å². The number of carbonyl (C=O) groups is 1. The third-order valence-electron chi connectivity index (χ3n) is 5.19. The molecule has 9 heteroatoms. The van der Waals surface area contributed by atoms with Gasteiger partial charge in [0.2, 0.25) is 0 Å². The molecule has 1 aromatic heterocycles. The molecule has 2 aromatic carbocycles. The van der Waals surface area contributed by atoms with E-state index in [-0.39, 0.29) is 5.69 Å². The molecule has 2 heterocycles. The number of hydrogen-bond acceptors (Lipinski definition) is 4. The van der Waals surface area contributed by atoms with Crippen molar-refractivity contribution in [1.82, 2.24) is 10.2 Å². The number of anilines is 3. The number of rotatable bonds is 4. The van der Waals surface area contributed by atoms with Crippen LogP contribution in [0, 0.1) is 0 Å². The van der Waals surface area contributed by atoms with E-state index < -0.39 is 17.8 Å². The molecule has 0 bridgehead atoms. The molecule has 6 nitrogen and oxygen atoms in total. The summed E-state index contributed by atoms with van der Waals surface area (Å²) >= 11 is 0. The van der Waals surface area contributed by atoms with E-state index in [1.54, 1.807) is 18.2 Å². The van der Waals surface area contributed by atoms with Crippen LogP contribution >= 0.6 is 0 Å². The van der Waals surface area contributed by atoms with Crippen LogP contribution < -0.4 is 15.5 Å². The standard InChI is InChI=1S/C23H22F3N5O/c24-23(25,26)17-7-5-9-19(15-17)28-22(32)27-18-8-4-6-16(14-18)20-10-11-21(30-29-20)31-12-2-1-3-13-31/h4-11,14-15H,1-3,12-13H2,(H2,27,28,32). The van der Waals surface area contributed by atoms with E-state index in [1.165, 1.54) is 18.6 Å². The largest absolute Gasteiger partial charge is 0.416 e. The van der Waals surface area contributed by atoms with Crippen molar-refractivity contribution in [3.8, 4) is 11.3 Å². The third kappa shape index (κ3) is 5.35. The molecule has 1 aliphatic rings. The van der Waals surface area contributed by atoms with Crippen molar-refractivity contribution in [2.24, 2.45) is 0 Å². The molecule has 0 unspecified atom stereocenters. The maximum atomic E-state index is 12.8. The Balaban J connectivity index is 1.42. The Hall–Kier alpha value is -3.62. The molecule has 1 saturated heterocycles. The van der Waals surface area contributed by atoms with Gasteiger partial charge in [-0.1, -0.05) is 18.2 Å². The molecular formula is C23H22F3N5O. The Morgan fingerprint density at radius 2 is 1.53 bits per heavy atom. The van der Waals surface area contributed by atoms with Crippen molar-refractivity contribution in [3.63, 3.8) is 0 Å². The number of hydrogen-bond donors (Lipinski definition) is 2. The van der Waals surface area contributed by atoms with Crippen molar-refractivity contribution in [2.45, 2.75) is 25.4 Å². The second kappa shape index (κ2) is 9.25. The van der Waals surface area contributed by atoms with Crippen LogP contribution in [0.5, 0.6) is 0 Å². The number of alkyl halides is 3. The minimum Gasteiger partial charge on any atom is -0.355 e. The number of halogens is 3. The summed E-state index contributed by atoms with van der Waals surface area (Å²) in [6, 6.07) is 14.7. The summed E-state index contributed by atoms with van der Waals surface area (Å²) in [6.45, 7) is 1.96. The summed E-state index contributed by atoms with van der Waals surface area (Å²) in [5.41, 5.74) is 1.12. The van der Waals surface area contributed by atoms with Gasteiger partial charge in [0.05, 0.1) is 11.3 Å². The minimum absolute atomic E-state index is 0.0487. The van der Waals surface area contributed by atoms with Crippen molar-refractivity contribution in [2.75, 3.05) is 28.6 Å². The first-order valence-electron chi connectivity index (χ1n) is 10.3. The Morgan fingerprint density at radius 1 is 0.844 bits per heavy atom. The Morgan fingerprint density at radius 3 is 2.19 bits per heavy atom. The lowest BCUT2D eigenvalue weighted by Gasteiger charge is -2.27. The summed E-state index contributed by atoms with van der Waals surface area (Å²) in [4.78, 5) is 14.5. The number of nitrogens with one attached hydrogen (secondary N) is 2. The Kier molecular flexibility index (Phi) is 6.25. The van der Waals surface area contributed by atoms with Crippen LogP contribution in [0.25, 0.3) is 11.3 Å². The highest BCUT2D eigenvalue weighted by Crippen LogP contribution is 2.30. The summed E-state index contributed by atoms with van der Waals surface area (Å²) in [6.07, 6.45) is -0.935. The third-order valence-corrected chi connectivity index (χ3v) is 5.19. The van der Waals surface area contributed by atoms with Crippen LogP contribution in [0.15, 0.2) is 60.7 Å². The number of piperidine rings is 1. The molecule has 2 N–H and O–H groups in total. The van der Waals surface area contributed by atoms with Crippen molar-refractivity contribution in [3.05, 3.63) is 66.2 Å². The molecule has 0 saturated carbocycles. The molecule has 0 aliphatic carbocycles. The summed E-state index contributed by atoms with van der Waals surface area (Å²) < 4.78 is 38.5. The van der Waals surface area contributed by atoms with Crippen LogP contribution in [0.1, 0.15) is 24.8 Å². The summed E-state index contributed by atoms with van der Waals surface area (Å²) in [5, 5.41) is 13.7. The van der Waals surface area contributed by atoms with Gasteiger partial charge in [0.15, 0.2) is 5.82 Å². The highest BCUT2D eigenvalue weighted by Gasteiger charge is 2.30. The van der Waals surface area contributed by atoms with E-state index in [4.69, 9.17) is 0 Å². The normalized spacial score (nSPS) is 14.2. The molecule has 0 atom stereocenters. The van der Waals surface area contributed by atoms with Crippen LogP contribution in [0.2, 0.25) is 0 Å².